The average molecular weight is 360 g/mol. The van der Waals surface area contributed by atoms with Gasteiger partial charge in [-0.3, -0.25) is 14.9 Å². The molecule has 0 spiro atoms. The number of nitrogens with zero attached hydrogens (tertiary/aromatic N) is 1. The van der Waals surface area contributed by atoms with Crippen molar-refractivity contribution in [2.24, 2.45) is 5.92 Å². The molecule has 0 heterocycles. The molecule has 3 aromatic carbocycles. The van der Waals surface area contributed by atoms with Gasteiger partial charge in [-0.2, -0.15) is 0 Å². The molecule has 0 aliphatic heterocycles. The summed E-state index contributed by atoms with van der Waals surface area (Å²) < 4.78 is 0. The van der Waals surface area contributed by atoms with E-state index in [9.17, 15) is 14.9 Å². The molecule has 136 valence electrons. The largest absolute Gasteiger partial charge is 0.326 e. The van der Waals surface area contributed by atoms with Gasteiger partial charge in [0.1, 0.15) is 0 Å². The van der Waals surface area contributed by atoms with E-state index >= 15 is 0 Å². The molecule has 3 rings (SSSR count). The van der Waals surface area contributed by atoms with Crippen LogP contribution in [0.4, 0.5) is 11.4 Å². The van der Waals surface area contributed by atoms with E-state index in [2.05, 4.69) is 5.32 Å². The first-order valence-corrected chi connectivity index (χ1v) is 8.75. The molecular formula is C22H20N2O3. The highest BCUT2D eigenvalue weighted by atomic mass is 16.6. The van der Waals surface area contributed by atoms with Crippen molar-refractivity contribution in [3.63, 3.8) is 0 Å². The van der Waals surface area contributed by atoms with E-state index in [1.54, 1.807) is 12.1 Å². The van der Waals surface area contributed by atoms with Crippen LogP contribution in [0.1, 0.15) is 11.1 Å². The Balaban J connectivity index is 1.79. The lowest BCUT2D eigenvalue weighted by Gasteiger charge is -2.17. The van der Waals surface area contributed by atoms with Gasteiger partial charge in [0.25, 0.3) is 5.69 Å². The molecular weight excluding hydrogens is 340 g/mol. The van der Waals surface area contributed by atoms with E-state index in [4.69, 9.17) is 0 Å². The lowest BCUT2D eigenvalue weighted by atomic mass is 9.91. The first kappa shape index (κ1) is 18.3. The normalized spacial score (nSPS) is 10.6. The van der Waals surface area contributed by atoms with Crippen molar-refractivity contribution in [1.29, 1.82) is 0 Å². The van der Waals surface area contributed by atoms with Crippen LogP contribution in [0.25, 0.3) is 0 Å². The van der Waals surface area contributed by atoms with Gasteiger partial charge < -0.3 is 5.32 Å². The monoisotopic (exact) mass is 360 g/mol. The summed E-state index contributed by atoms with van der Waals surface area (Å²) in [5.41, 5.74) is 2.54. The van der Waals surface area contributed by atoms with E-state index in [1.807, 2.05) is 60.7 Å². The summed E-state index contributed by atoms with van der Waals surface area (Å²) in [4.78, 5) is 23.4. The zero-order chi connectivity index (χ0) is 19.1. The number of carbonyl (C=O) groups excluding carboxylic acids is 1. The molecule has 0 saturated carbocycles. The van der Waals surface area contributed by atoms with Crippen LogP contribution in [0.5, 0.6) is 0 Å². The molecule has 0 aliphatic carbocycles. The molecule has 0 bridgehead atoms. The number of carbonyl (C=O) groups is 1. The number of anilines is 1. The maximum atomic E-state index is 12.9. The van der Waals surface area contributed by atoms with E-state index in [0.29, 0.717) is 18.5 Å². The zero-order valence-corrected chi connectivity index (χ0v) is 14.7. The number of nitro groups is 1. The Morgan fingerprint density at radius 3 is 1.93 bits per heavy atom. The third-order valence-corrected chi connectivity index (χ3v) is 4.35. The molecule has 5 nitrogen and oxygen atoms in total. The predicted molar refractivity (Wildman–Crippen MR) is 106 cm³/mol. The third kappa shape index (κ3) is 5.25. The molecule has 27 heavy (non-hydrogen) atoms. The number of hydrogen-bond acceptors (Lipinski definition) is 3. The Morgan fingerprint density at radius 2 is 1.41 bits per heavy atom. The van der Waals surface area contributed by atoms with Crippen molar-refractivity contribution in [1.82, 2.24) is 0 Å². The molecule has 0 fully saturated rings. The minimum Gasteiger partial charge on any atom is -0.326 e. The molecule has 0 aromatic heterocycles. The quantitative estimate of drug-likeness (QED) is 0.493. The molecule has 1 amide bonds. The average Bonchev–Trinajstić information content (AvgIpc) is 2.69. The number of benzene rings is 3. The van der Waals surface area contributed by atoms with Crippen LogP contribution in [0, 0.1) is 16.0 Å². The second kappa shape index (κ2) is 8.76. The molecule has 0 radical (unpaired) electrons. The molecule has 5 heteroatoms. The number of nitrogens with one attached hydrogen (secondary N) is 1. The summed E-state index contributed by atoms with van der Waals surface area (Å²) in [6.07, 6.45) is 1.19. The van der Waals surface area contributed by atoms with Crippen molar-refractivity contribution in [3.05, 3.63) is 106 Å². The summed E-state index contributed by atoms with van der Waals surface area (Å²) in [6.45, 7) is 0. The second-order valence-corrected chi connectivity index (χ2v) is 6.37. The van der Waals surface area contributed by atoms with Crippen LogP contribution in [0.3, 0.4) is 0 Å². The highest BCUT2D eigenvalue weighted by molar-refractivity contribution is 5.93. The standard InChI is InChI=1S/C22H20N2O3/c25-22(23-20-12-7-13-21(16-20)24(26)27)19(14-17-8-3-1-4-9-17)15-18-10-5-2-6-11-18/h1-13,16,19H,14-15H2,(H,23,25). The minimum atomic E-state index is -0.471. The Hall–Kier alpha value is -3.47. The molecule has 0 saturated heterocycles. The zero-order valence-electron chi connectivity index (χ0n) is 14.7. The van der Waals surface area contributed by atoms with Gasteiger partial charge in [-0.15, -0.1) is 0 Å². The van der Waals surface area contributed by atoms with Gasteiger partial charge in [-0.25, -0.2) is 0 Å². The molecule has 3 aromatic rings. The van der Waals surface area contributed by atoms with Crippen molar-refractivity contribution < 1.29 is 9.72 Å². The third-order valence-electron chi connectivity index (χ3n) is 4.35. The van der Waals surface area contributed by atoms with Crippen LogP contribution < -0.4 is 5.32 Å². The number of hydrogen-bond donors (Lipinski definition) is 1. The smallest absolute Gasteiger partial charge is 0.271 e. The van der Waals surface area contributed by atoms with Gasteiger partial charge in [0.05, 0.1) is 4.92 Å². The first-order valence-electron chi connectivity index (χ1n) is 8.75. The first-order chi connectivity index (χ1) is 13.1. The van der Waals surface area contributed by atoms with E-state index in [1.165, 1.54) is 12.1 Å². The number of rotatable bonds is 7. The fraction of sp³-hybridized carbons (Fsp3) is 0.136. The fourth-order valence-electron chi connectivity index (χ4n) is 3.00. The van der Waals surface area contributed by atoms with Crippen LogP contribution in [0.15, 0.2) is 84.9 Å². The van der Waals surface area contributed by atoms with Gasteiger partial charge in [0, 0.05) is 23.7 Å². The summed E-state index contributed by atoms with van der Waals surface area (Å²) in [5, 5.41) is 13.8. The molecule has 1 N–H and O–H groups in total. The predicted octanol–water partition coefficient (Wildman–Crippen LogP) is 4.63. The van der Waals surface area contributed by atoms with E-state index in [0.717, 1.165) is 11.1 Å². The van der Waals surface area contributed by atoms with Gasteiger partial charge in [-0.05, 0) is 30.0 Å². The summed E-state index contributed by atoms with van der Waals surface area (Å²) in [6, 6.07) is 25.7. The van der Waals surface area contributed by atoms with Crippen LogP contribution in [0.2, 0.25) is 0 Å². The van der Waals surface area contributed by atoms with E-state index in [-0.39, 0.29) is 17.5 Å². The highest BCUT2D eigenvalue weighted by Crippen LogP contribution is 2.20. The van der Waals surface area contributed by atoms with Crippen molar-refractivity contribution in [3.8, 4) is 0 Å². The van der Waals surface area contributed by atoms with Crippen LogP contribution in [-0.2, 0) is 17.6 Å². The van der Waals surface area contributed by atoms with Gasteiger partial charge >= 0.3 is 0 Å². The fourth-order valence-corrected chi connectivity index (χ4v) is 3.00. The summed E-state index contributed by atoms with van der Waals surface area (Å²) >= 11 is 0. The van der Waals surface area contributed by atoms with Gasteiger partial charge in [0.2, 0.25) is 5.91 Å². The highest BCUT2D eigenvalue weighted by Gasteiger charge is 2.20. The van der Waals surface area contributed by atoms with Crippen LogP contribution in [-0.4, -0.2) is 10.8 Å². The van der Waals surface area contributed by atoms with Gasteiger partial charge in [-0.1, -0.05) is 66.7 Å². The maximum absolute atomic E-state index is 12.9. The lowest BCUT2D eigenvalue weighted by molar-refractivity contribution is -0.384. The Kier molecular flexibility index (Phi) is 5.94. The number of nitro benzene ring substituents is 1. The molecule has 0 aliphatic rings. The number of amides is 1. The Morgan fingerprint density at radius 1 is 0.852 bits per heavy atom. The second-order valence-electron chi connectivity index (χ2n) is 6.37. The van der Waals surface area contributed by atoms with Crippen molar-refractivity contribution in [2.75, 3.05) is 5.32 Å². The maximum Gasteiger partial charge on any atom is 0.271 e. The Bertz CT molecular complexity index is 870. The van der Waals surface area contributed by atoms with Gasteiger partial charge in [0.15, 0.2) is 0 Å². The van der Waals surface area contributed by atoms with Crippen molar-refractivity contribution in [2.45, 2.75) is 12.8 Å². The summed E-state index contributed by atoms with van der Waals surface area (Å²) in [5.74, 6) is -0.433. The minimum absolute atomic E-state index is 0.0459. The number of non-ortho nitro benzene ring substituents is 1. The molecule has 0 atom stereocenters. The summed E-state index contributed by atoms with van der Waals surface area (Å²) in [7, 11) is 0. The SMILES string of the molecule is O=C(Nc1cccc([N+](=O)[O-])c1)C(Cc1ccccc1)Cc1ccccc1. The Labute approximate surface area is 157 Å². The van der Waals surface area contributed by atoms with Crippen molar-refractivity contribution >= 4 is 17.3 Å². The lowest BCUT2D eigenvalue weighted by Crippen LogP contribution is -2.26. The van der Waals surface area contributed by atoms with E-state index < -0.39 is 4.92 Å². The molecule has 0 unspecified atom stereocenters. The topological polar surface area (TPSA) is 72.2 Å². The van der Waals surface area contributed by atoms with Crippen LogP contribution >= 0.6 is 0 Å².